The van der Waals surface area contributed by atoms with E-state index in [9.17, 15) is 4.79 Å². The minimum Gasteiger partial charge on any atom is -0.463 e. The molecule has 0 amide bonds. The lowest BCUT2D eigenvalue weighted by atomic mass is 9.99. The second-order valence-electron chi connectivity index (χ2n) is 8.29. The molecule has 0 fully saturated rings. The van der Waals surface area contributed by atoms with Gasteiger partial charge in [0.25, 0.3) is 0 Å². The van der Waals surface area contributed by atoms with Crippen LogP contribution in [0.2, 0.25) is 0 Å². The highest BCUT2D eigenvalue weighted by Gasteiger charge is 2.06. The van der Waals surface area contributed by atoms with Crippen LogP contribution in [0.15, 0.2) is 11.6 Å². The highest BCUT2D eigenvalue weighted by Crippen LogP contribution is 2.16. The van der Waals surface area contributed by atoms with Crippen LogP contribution in [0.1, 0.15) is 130 Å². The highest BCUT2D eigenvalue weighted by atomic mass is 16.5. The molecule has 27 heavy (non-hydrogen) atoms. The van der Waals surface area contributed by atoms with Crippen molar-refractivity contribution in [2.24, 2.45) is 5.92 Å². The van der Waals surface area contributed by atoms with E-state index in [2.05, 4.69) is 19.9 Å². The summed E-state index contributed by atoms with van der Waals surface area (Å²) in [6, 6.07) is 0. The maximum Gasteiger partial charge on any atom is 0.333 e. The second-order valence-corrected chi connectivity index (χ2v) is 8.29. The molecule has 0 aliphatic heterocycles. The summed E-state index contributed by atoms with van der Waals surface area (Å²) in [5.74, 6) is 0.303. The molecular weight excluding hydrogens is 332 g/mol. The monoisotopic (exact) mass is 380 g/mol. The van der Waals surface area contributed by atoms with Gasteiger partial charge in [-0.1, -0.05) is 116 Å². The number of unbranched alkanes of at least 4 members (excludes halogenated alkanes) is 14. The van der Waals surface area contributed by atoms with Crippen molar-refractivity contribution in [1.29, 1.82) is 0 Å². The summed E-state index contributed by atoms with van der Waals surface area (Å²) in [5.41, 5.74) is 0.755. The first-order valence-electron chi connectivity index (χ1n) is 12.0. The summed E-state index contributed by atoms with van der Waals surface area (Å²) in [5, 5.41) is 0. The van der Waals surface area contributed by atoms with E-state index in [-0.39, 0.29) is 5.97 Å². The number of hydrogen-bond donors (Lipinski definition) is 0. The van der Waals surface area contributed by atoms with Gasteiger partial charge >= 0.3 is 5.97 Å². The molecule has 0 saturated heterocycles. The van der Waals surface area contributed by atoms with E-state index in [0.717, 1.165) is 5.57 Å². The third-order valence-corrected chi connectivity index (χ3v) is 5.39. The van der Waals surface area contributed by atoms with Gasteiger partial charge in [0.15, 0.2) is 0 Å². The molecule has 0 aromatic heterocycles. The van der Waals surface area contributed by atoms with Gasteiger partial charge in [-0.15, -0.1) is 0 Å². The molecule has 0 radical (unpaired) electrons. The van der Waals surface area contributed by atoms with Crippen molar-refractivity contribution in [3.8, 4) is 0 Å². The molecule has 0 rings (SSSR count). The first kappa shape index (κ1) is 26.2. The molecule has 0 unspecified atom stereocenters. The van der Waals surface area contributed by atoms with Gasteiger partial charge in [0, 0.05) is 5.57 Å². The van der Waals surface area contributed by atoms with Gasteiger partial charge in [-0.3, -0.25) is 0 Å². The zero-order chi connectivity index (χ0) is 20.2. The van der Waals surface area contributed by atoms with Crippen LogP contribution < -0.4 is 0 Å². The zero-order valence-corrected chi connectivity index (χ0v) is 19.0. The molecule has 0 heterocycles. The van der Waals surface area contributed by atoms with Crippen molar-refractivity contribution >= 4 is 5.97 Å². The normalized spacial score (nSPS) is 13.0. The number of allylic oxidation sites excluding steroid dienone is 1. The van der Waals surface area contributed by atoms with E-state index in [0.29, 0.717) is 12.5 Å². The van der Waals surface area contributed by atoms with Gasteiger partial charge in [0.05, 0.1) is 6.61 Å². The summed E-state index contributed by atoms with van der Waals surface area (Å²) < 4.78 is 5.03. The third-order valence-electron chi connectivity index (χ3n) is 5.39. The summed E-state index contributed by atoms with van der Waals surface area (Å²) >= 11 is 0. The molecule has 0 N–H and O–H groups in total. The molecule has 0 aromatic carbocycles. The van der Waals surface area contributed by atoms with E-state index in [4.69, 9.17) is 4.74 Å². The van der Waals surface area contributed by atoms with Gasteiger partial charge in [-0.25, -0.2) is 4.79 Å². The molecule has 0 saturated carbocycles. The van der Waals surface area contributed by atoms with Crippen molar-refractivity contribution in [3.63, 3.8) is 0 Å². The van der Waals surface area contributed by atoms with Gasteiger partial charge in [-0.2, -0.15) is 0 Å². The number of esters is 1. The standard InChI is InChI=1S/C25H48O2/c1-5-7-8-9-10-11-12-13-14-15-16-17-18-19-20-21-23(3)22-24(4)25(26)27-6-2/h22-23H,5-21H2,1-4H3/b24-22+/t23-/m0/s1. The maximum atomic E-state index is 11.6. The second kappa shape index (κ2) is 20.0. The SMILES string of the molecule is CCCCCCCCCCCCCCCCC[C@H](C)/C=C(\C)C(=O)OCC. The number of rotatable bonds is 19. The molecule has 0 aromatic rings. The average molecular weight is 381 g/mol. The van der Waals surface area contributed by atoms with Crippen molar-refractivity contribution in [3.05, 3.63) is 11.6 Å². The van der Waals surface area contributed by atoms with E-state index in [1.807, 2.05) is 13.8 Å². The molecule has 0 aliphatic rings. The maximum absolute atomic E-state index is 11.6. The Balaban J connectivity index is 3.35. The van der Waals surface area contributed by atoms with Crippen molar-refractivity contribution in [1.82, 2.24) is 0 Å². The molecule has 1 atom stereocenters. The fraction of sp³-hybridized carbons (Fsp3) is 0.880. The Kier molecular flexibility index (Phi) is 19.4. The highest BCUT2D eigenvalue weighted by molar-refractivity contribution is 5.87. The van der Waals surface area contributed by atoms with Crippen LogP contribution in [0, 0.1) is 5.92 Å². The predicted molar refractivity (Wildman–Crippen MR) is 119 cm³/mol. The molecule has 0 bridgehead atoms. The lowest BCUT2D eigenvalue weighted by Crippen LogP contribution is -2.06. The first-order valence-corrected chi connectivity index (χ1v) is 12.0. The number of hydrogen-bond acceptors (Lipinski definition) is 2. The molecule has 2 nitrogen and oxygen atoms in total. The smallest absolute Gasteiger partial charge is 0.333 e. The Morgan fingerprint density at radius 3 is 1.56 bits per heavy atom. The van der Waals surface area contributed by atoms with Crippen LogP contribution in [0.3, 0.4) is 0 Å². The van der Waals surface area contributed by atoms with Crippen LogP contribution >= 0.6 is 0 Å². The van der Waals surface area contributed by atoms with Crippen LogP contribution in [-0.2, 0) is 9.53 Å². The van der Waals surface area contributed by atoms with Crippen LogP contribution in [-0.4, -0.2) is 12.6 Å². The fourth-order valence-electron chi connectivity index (χ4n) is 3.66. The van der Waals surface area contributed by atoms with E-state index < -0.39 is 0 Å². The molecule has 0 aliphatic carbocycles. The van der Waals surface area contributed by atoms with Crippen molar-refractivity contribution in [2.75, 3.05) is 6.61 Å². The zero-order valence-electron chi connectivity index (χ0n) is 19.0. The van der Waals surface area contributed by atoms with E-state index in [1.54, 1.807) is 0 Å². The van der Waals surface area contributed by atoms with Crippen LogP contribution in [0.5, 0.6) is 0 Å². The minimum absolute atomic E-state index is 0.166. The Morgan fingerprint density at radius 1 is 0.741 bits per heavy atom. The number of ether oxygens (including phenoxy) is 1. The van der Waals surface area contributed by atoms with E-state index >= 15 is 0 Å². The van der Waals surface area contributed by atoms with Crippen LogP contribution in [0.4, 0.5) is 0 Å². The topological polar surface area (TPSA) is 26.3 Å². The Morgan fingerprint density at radius 2 is 1.15 bits per heavy atom. The Bertz CT molecular complexity index is 359. The number of carbonyl (C=O) groups excluding carboxylic acids is 1. The lowest BCUT2D eigenvalue weighted by molar-refractivity contribution is -0.138. The first-order chi connectivity index (χ1) is 13.1. The van der Waals surface area contributed by atoms with E-state index in [1.165, 1.54) is 103 Å². The Hall–Kier alpha value is -0.790. The largest absolute Gasteiger partial charge is 0.463 e. The summed E-state index contributed by atoms with van der Waals surface area (Å²) in [4.78, 5) is 11.6. The van der Waals surface area contributed by atoms with Gasteiger partial charge in [-0.05, 0) is 26.2 Å². The Labute approximate surface area is 170 Å². The summed E-state index contributed by atoms with van der Waals surface area (Å²) in [7, 11) is 0. The summed E-state index contributed by atoms with van der Waals surface area (Å²) in [6.45, 7) is 8.66. The quantitative estimate of drug-likeness (QED) is 0.128. The van der Waals surface area contributed by atoms with Crippen molar-refractivity contribution in [2.45, 2.75) is 130 Å². The van der Waals surface area contributed by atoms with Gasteiger partial charge in [0.2, 0.25) is 0 Å². The average Bonchev–Trinajstić information content (AvgIpc) is 2.65. The molecule has 0 spiro atoms. The molecular formula is C25H48O2. The van der Waals surface area contributed by atoms with Crippen molar-refractivity contribution < 1.29 is 9.53 Å². The molecule has 160 valence electrons. The fourth-order valence-corrected chi connectivity index (χ4v) is 3.66. The van der Waals surface area contributed by atoms with Gasteiger partial charge in [0.1, 0.15) is 0 Å². The van der Waals surface area contributed by atoms with Crippen LogP contribution in [0.25, 0.3) is 0 Å². The number of carbonyl (C=O) groups is 1. The minimum atomic E-state index is -0.166. The summed E-state index contributed by atoms with van der Waals surface area (Å²) in [6.07, 6.45) is 24.3. The van der Waals surface area contributed by atoms with Gasteiger partial charge < -0.3 is 4.74 Å². The predicted octanol–water partition coefficient (Wildman–Crippen LogP) is 8.39. The molecule has 2 heteroatoms. The third kappa shape index (κ3) is 18.3. The lowest BCUT2D eigenvalue weighted by Gasteiger charge is -2.08.